The number of thiophene rings is 1. The van der Waals surface area contributed by atoms with Crippen molar-refractivity contribution in [3.8, 4) is 0 Å². The molecular weight excluding hydrogens is 334 g/mol. The molecule has 2 aliphatic rings. The minimum absolute atomic E-state index is 0.00793. The number of benzene rings is 1. The molecule has 2 amide bonds. The Hall–Kier alpha value is -2.18. The molecule has 0 radical (unpaired) electrons. The molecule has 5 nitrogen and oxygen atoms in total. The average molecular weight is 355 g/mol. The zero-order valence-corrected chi connectivity index (χ0v) is 14.7. The van der Waals surface area contributed by atoms with Crippen molar-refractivity contribution in [2.45, 2.75) is 24.8 Å². The van der Waals surface area contributed by atoms with Gasteiger partial charge in [0.2, 0.25) is 5.91 Å². The second-order valence-corrected chi connectivity index (χ2v) is 7.70. The van der Waals surface area contributed by atoms with E-state index in [0.717, 1.165) is 37.5 Å². The topological polar surface area (TPSA) is 61.4 Å². The minimum atomic E-state index is -0.108. The van der Waals surface area contributed by atoms with Gasteiger partial charge in [-0.05, 0) is 37.1 Å². The highest BCUT2D eigenvalue weighted by Gasteiger charge is 2.32. The third-order valence-electron chi connectivity index (χ3n) is 4.88. The van der Waals surface area contributed by atoms with Crippen molar-refractivity contribution in [2.75, 3.05) is 25.0 Å². The van der Waals surface area contributed by atoms with E-state index in [9.17, 15) is 9.59 Å². The summed E-state index contributed by atoms with van der Waals surface area (Å²) in [6, 6.07) is 13.8. The van der Waals surface area contributed by atoms with Crippen LogP contribution in [-0.4, -0.2) is 42.4 Å². The molecule has 0 unspecified atom stereocenters. The first-order valence-corrected chi connectivity index (χ1v) is 9.50. The Balaban J connectivity index is 1.33. The molecule has 4 rings (SSSR count). The maximum absolute atomic E-state index is 12.6. The number of likely N-dealkylation sites (tertiary alicyclic amines) is 1. The van der Waals surface area contributed by atoms with Crippen LogP contribution in [0.2, 0.25) is 0 Å². The molecule has 1 aromatic heterocycles. The molecule has 2 fully saturated rings. The molecule has 0 aliphatic carbocycles. The Labute approximate surface area is 151 Å². The van der Waals surface area contributed by atoms with Gasteiger partial charge in [-0.2, -0.15) is 0 Å². The van der Waals surface area contributed by atoms with Crippen LogP contribution in [0.1, 0.15) is 34.0 Å². The Bertz CT molecular complexity index is 762. The second-order valence-electron chi connectivity index (χ2n) is 6.62. The second kappa shape index (κ2) is 6.98. The van der Waals surface area contributed by atoms with Gasteiger partial charge < -0.3 is 15.5 Å². The number of hydrogen-bond acceptors (Lipinski definition) is 4. The zero-order chi connectivity index (χ0) is 17.2. The van der Waals surface area contributed by atoms with Gasteiger partial charge in [-0.3, -0.25) is 9.59 Å². The molecule has 1 atom stereocenters. The van der Waals surface area contributed by atoms with Gasteiger partial charge in [-0.1, -0.05) is 30.3 Å². The van der Waals surface area contributed by atoms with Gasteiger partial charge in [0, 0.05) is 19.0 Å². The lowest BCUT2D eigenvalue weighted by Crippen LogP contribution is -2.48. The van der Waals surface area contributed by atoms with E-state index in [-0.39, 0.29) is 17.9 Å². The fourth-order valence-electron chi connectivity index (χ4n) is 3.37. The lowest BCUT2D eigenvalue weighted by atomic mass is 9.91. The molecule has 130 valence electrons. The van der Waals surface area contributed by atoms with Crippen LogP contribution in [-0.2, 0) is 4.79 Å². The maximum Gasteiger partial charge on any atom is 0.264 e. The molecule has 2 saturated heterocycles. The number of anilines is 1. The van der Waals surface area contributed by atoms with Crippen LogP contribution in [0, 0.1) is 0 Å². The fraction of sp³-hybridized carbons (Fsp3) is 0.368. The van der Waals surface area contributed by atoms with Crippen molar-refractivity contribution < 1.29 is 9.59 Å². The number of hydrogen-bond donors (Lipinski definition) is 2. The summed E-state index contributed by atoms with van der Waals surface area (Å²) in [5.41, 5.74) is 1.29. The molecule has 25 heavy (non-hydrogen) atoms. The van der Waals surface area contributed by atoms with Crippen LogP contribution >= 0.6 is 11.3 Å². The molecule has 0 saturated carbocycles. The Kier molecular flexibility index (Phi) is 4.55. The summed E-state index contributed by atoms with van der Waals surface area (Å²) in [6.07, 6.45) is 1.90. The monoisotopic (exact) mass is 355 g/mol. The summed E-state index contributed by atoms with van der Waals surface area (Å²) in [5, 5.41) is 6.83. The molecule has 1 aromatic carbocycles. The summed E-state index contributed by atoms with van der Waals surface area (Å²) in [5.74, 6) is 0.473. The first-order chi connectivity index (χ1) is 12.2. The Morgan fingerprint density at radius 2 is 1.92 bits per heavy atom. The normalized spacial score (nSPS) is 20.3. The van der Waals surface area contributed by atoms with Gasteiger partial charge in [-0.15, -0.1) is 11.3 Å². The third kappa shape index (κ3) is 3.45. The van der Waals surface area contributed by atoms with Crippen molar-refractivity contribution in [1.82, 2.24) is 10.2 Å². The van der Waals surface area contributed by atoms with Crippen LogP contribution in [0.15, 0.2) is 42.5 Å². The van der Waals surface area contributed by atoms with Crippen molar-refractivity contribution in [2.24, 2.45) is 0 Å². The predicted octanol–water partition coefficient (Wildman–Crippen LogP) is 2.68. The Morgan fingerprint density at radius 1 is 1.12 bits per heavy atom. The lowest BCUT2D eigenvalue weighted by Gasteiger charge is -2.39. The third-order valence-corrected chi connectivity index (χ3v) is 5.87. The van der Waals surface area contributed by atoms with E-state index < -0.39 is 0 Å². The minimum Gasteiger partial charge on any atom is -0.337 e. The van der Waals surface area contributed by atoms with E-state index in [2.05, 4.69) is 22.8 Å². The summed E-state index contributed by atoms with van der Waals surface area (Å²) < 4.78 is 0. The van der Waals surface area contributed by atoms with Gasteiger partial charge in [0.15, 0.2) is 0 Å². The standard InChI is InChI=1S/C19H21N3O2S/c23-18(15-7-4-10-20-15)21-17-9-8-16(25-17)19(24)22-11-14(12-22)13-5-2-1-3-6-13/h1-3,5-6,8-9,14-15,20H,4,7,10-12H2,(H,21,23)/t15-/m1/s1. The SMILES string of the molecule is O=C(Nc1ccc(C(=O)N2CC(c3ccccc3)C2)s1)[C@H]1CCCN1. The van der Waals surface area contributed by atoms with Crippen LogP contribution in [0.4, 0.5) is 5.00 Å². The predicted molar refractivity (Wildman–Crippen MR) is 99.1 cm³/mol. The largest absolute Gasteiger partial charge is 0.337 e. The van der Waals surface area contributed by atoms with Crippen molar-refractivity contribution in [3.63, 3.8) is 0 Å². The molecule has 0 bridgehead atoms. The van der Waals surface area contributed by atoms with Crippen molar-refractivity contribution in [1.29, 1.82) is 0 Å². The van der Waals surface area contributed by atoms with Crippen LogP contribution in [0.25, 0.3) is 0 Å². The highest BCUT2D eigenvalue weighted by Crippen LogP contribution is 2.31. The van der Waals surface area contributed by atoms with E-state index in [1.807, 2.05) is 29.2 Å². The summed E-state index contributed by atoms with van der Waals surface area (Å²) in [4.78, 5) is 27.3. The zero-order valence-electron chi connectivity index (χ0n) is 13.9. The number of nitrogens with zero attached hydrogens (tertiary/aromatic N) is 1. The van der Waals surface area contributed by atoms with E-state index in [4.69, 9.17) is 0 Å². The molecule has 2 aromatic rings. The van der Waals surface area contributed by atoms with Crippen LogP contribution in [0.5, 0.6) is 0 Å². The summed E-state index contributed by atoms with van der Waals surface area (Å²) in [7, 11) is 0. The number of rotatable bonds is 4. The van der Waals surface area contributed by atoms with E-state index >= 15 is 0 Å². The number of carbonyl (C=O) groups excluding carboxylic acids is 2. The average Bonchev–Trinajstić information content (AvgIpc) is 3.26. The van der Waals surface area contributed by atoms with Gasteiger partial charge in [0.1, 0.15) is 0 Å². The summed E-state index contributed by atoms with van der Waals surface area (Å²) in [6.45, 7) is 2.41. The maximum atomic E-state index is 12.6. The van der Waals surface area contributed by atoms with Gasteiger partial charge in [0.25, 0.3) is 5.91 Å². The van der Waals surface area contributed by atoms with Crippen LogP contribution in [0.3, 0.4) is 0 Å². The highest BCUT2D eigenvalue weighted by molar-refractivity contribution is 7.18. The lowest BCUT2D eigenvalue weighted by molar-refractivity contribution is -0.117. The smallest absolute Gasteiger partial charge is 0.264 e. The molecule has 3 heterocycles. The quantitative estimate of drug-likeness (QED) is 0.886. The number of nitrogens with one attached hydrogen (secondary N) is 2. The van der Waals surface area contributed by atoms with E-state index in [1.165, 1.54) is 16.9 Å². The molecular formula is C19H21N3O2S. The molecule has 6 heteroatoms. The van der Waals surface area contributed by atoms with Gasteiger partial charge in [0.05, 0.1) is 15.9 Å². The van der Waals surface area contributed by atoms with Crippen molar-refractivity contribution >= 4 is 28.2 Å². The highest BCUT2D eigenvalue weighted by atomic mass is 32.1. The Morgan fingerprint density at radius 3 is 2.64 bits per heavy atom. The number of amides is 2. The summed E-state index contributed by atoms with van der Waals surface area (Å²) >= 11 is 1.35. The first kappa shape index (κ1) is 16.3. The molecule has 2 aliphatic heterocycles. The van der Waals surface area contributed by atoms with Gasteiger partial charge in [-0.25, -0.2) is 0 Å². The first-order valence-electron chi connectivity index (χ1n) is 8.69. The molecule has 2 N–H and O–H groups in total. The van der Waals surface area contributed by atoms with E-state index in [0.29, 0.717) is 10.8 Å². The van der Waals surface area contributed by atoms with Gasteiger partial charge >= 0.3 is 0 Å². The molecule has 0 spiro atoms. The number of carbonyl (C=O) groups is 2. The fourth-order valence-corrected chi connectivity index (χ4v) is 4.25. The van der Waals surface area contributed by atoms with E-state index in [1.54, 1.807) is 6.07 Å². The van der Waals surface area contributed by atoms with Crippen LogP contribution < -0.4 is 10.6 Å². The van der Waals surface area contributed by atoms with Crippen molar-refractivity contribution in [3.05, 3.63) is 52.9 Å².